The SMILES string of the molecule is O=c1[nH]c2ccccc2nc1Cc1cccc(O)c1. The third-order valence-corrected chi connectivity index (χ3v) is 2.95. The molecule has 0 unspecified atom stereocenters. The molecule has 0 spiro atoms. The standard InChI is InChI=1S/C15H12N2O2/c18-11-5-3-4-10(8-11)9-14-15(19)17-13-7-2-1-6-12(13)16-14/h1-8,18H,9H2,(H,17,19). The lowest BCUT2D eigenvalue weighted by molar-refractivity contribution is 0.474. The Morgan fingerprint density at radius 2 is 1.95 bits per heavy atom. The van der Waals surface area contributed by atoms with Crippen LogP contribution in [0.15, 0.2) is 53.3 Å². The van der Waals surface area contributed by atoms with E-state index in [1.54, 1.807) is 18.2 Å². The fourth-order valence-electron chi connectivity index (χ4n) is 2.05. The maximum absolute atomic E-state index is 11.9. The van der Waals surface area contributed by atoms with Crippen molar-refractivity contribution in [2.45, 2.75) is 6.42 Å². The molecule has 0 radical (unpaired) electrons. The molecular weight excluding hydrogens is 240 g/mol. The number of nitrogens with one attached hydrogen (secondary N) is 1. The molecule has 0 fully saturated rings. The van der Waals surface area contributed by atoms with Crippen molar-refractivity contribution < 1.29 is 5.11 Å². The third-order valence-electron chi connectivity index (χ3n) is 2.95. The van der Waals surface area contributed by atoms with Crippen molar-refractivity contribution in [2.24, 2.45) is 0 Å². The van der Waals surface area contributed by atoms with Gasteiger partial charge >= 0.3 is 0 Å². The molecule has 3 rings (SSSR count). The van der Waals surface area contributed by atoms with Gasteiger partial charge in [-0.25, -0.2) is 4.98 Å². The van der Waals surface area contributed by atoms with E-state index in [0.717, 1.165) is 16.6 Å². The van der Waals surface area contributed by atoms with Crippen molar-refractivity contribution in [2.75, 3.05) is 0 Å². The highest BCUT2D eigenvalue weighted by Gasteiger charge is 2.06. The normalized spacial score (nSPS) is 10.7. The number of nitrogens with zero attached hydrogens (tertiary/aromatic N) is 1. The van der Waals surface area contributed by atoms with E-state index in [1.807, 2.05) is 30.3 Å². The first-order valence-corrected chi connectivity index (χ1v) is 5.98. The molecule has 1 aromatic heterocycles. The van der Waals surface area contributed by atoms with Crippen LogP contribution in [0.3, 0.4) is 0 Å². The summed E-state index contributed by atoms with van der Waals surface area (Å²) in [5.74, 6) is 0.190. The van der Waals surface area contributed by atoms with Gasteiger partial charge in [-0.15, -0.1) is 0 Å². The summed E-state index contributed by atoms with van der Waals surface area (Å²) in [7, 11) is 0. The maximum atomic E-state index is 11.9. The molecule has 2 aromatic carbocycles. The number of H-pyrrole nitrogens is 1. The molecule has 0 aliphatic carbocycles. The first-order chi connectivity index (χ1) is 9.22. The minimum absolute atomic E-state index is 0.190. The monoisotopic (exact) mass is 252 g/mol. The summed E-state index contributed by atoms with van der Waals surface area (Å²) in [6.07, 6.45) is 0.397. The Balaban J connectivity index is 2.05. The van der Waals surface area contributed by atoms with E-state index < -0.39 is 0 Å². The van der Waals surface area contributed by atoms with Gasteiger partial charge in [0, 0.05) is 6.42 Å². The van der Waals surface area contributed by atoms with Gasteiger partial charge in [-0.1, -0.05) is 24.3 Å². The Morgan fingerprint density at radius 1 is 1.11 bits per heavy atom. The first kappa shape index (κ1) is 11.5. The zero-order valence-electron chi connectivity index (χ0n) is 10.1. The second-order valence-electron chi connectivity index (χ2n) is 4.38. The quantitative estimate of drug-likeness (QED) is 0.735. The van der Waals surface area contributed by atoms with Crippen LogP contribution in [0.4, 0.5) is 0 Å². The zero-order chi connectivity index (χ0) is 13.2. The predicted molar refractivity (Wildman–Crippen MR) is 73.3 cm³/mol. The minimum atomic E-state index is -0.193. The van der Waals surface area contributed by atoms with Crippen LogP contribution in [0.5, 0.6) is 5.75 Å². The molecule has 0 saturated carbocycles. The maximum Gasteiger partial charge on any atom is 0.270 e. The average molecular weight is 252 g/mol. The Hall–Kier alpha value is -2.62. The van der Waals surface area contributed by atoms with Crippen molar-refractivity contribution in [3.8, 4) is 5.75 Å². The van der Waals surface area contributed by atoms with Crippen LogP contribution in [-0.2, 0) is 6.42 Å². The number of phenolic OH excluding ortho intramolecular Hbond substituents is 1. The lowest BCUT2D eigenvalue weighted by Gasteiger charge is -2.03. The van der Waals surface area contributed by atoms with Gasteiger partial charge in [0.1, 0.15) is 11.4 Å². The van der Waals surface area contributed by atoms with Gasteiger partial charge in [0.05, 0.1) is 11.0 Å². The molecule has 4 heteroatoms. The summed E-state index contributed by atoms with van der Waals surface area (Å²) < 4.78 is 0. The van der Waals surface area contributed by atoms with Gasteiger partial charge in [0.15, 0.2) is 0 Å². The van der Waals surface area contributed by atoms with Crippen LogP contribution >= 0.6 is 0 Å². The molecule has 94 valence electrons. The molecule has 2 N–H and O–H groups in total. The van der Waals surface area contributed by atoms with Crippen LogP contribution in [0.2, 0.25) is 0 Å². The van der Waals surface area contributed by atoms with E-state index in [-0.39, 0.29) is 11.3 Å². The zero-order valence-corrected chi connectivity index (χ0v) is 10.1. The minimum Gasteiger partial charge on any atom is -0.508 e. The van der Waals surface area contributed by atoms with Crippen LogP contribution in [0.1, 0.15) is 11.3 Å². The van der Waals surface area contributed by atoms with E-state index in [0.29, 0.717) is 12.1 Å². The molecule has 0 bridgehead atoms. The number of aromatic hydroxyl groups is 1. The average Bonchev–Trinajstić information content (AvgIpc) is 2.40. The molecule has 3 aromatic rings. The van der Waals surface area contributed by atoms with Gasteiger partial charge in [0.2, 0.25) is 0 Å². The largest absolute Gasteiger partial charge is 0.508 e. The lowest BCUT2D eigenvalue weighted by atomic mass is 10.1. The van der Waals surface area contributed by atoms with Crippen LogP contribution in [0, 0.1) is 0 Å². The van der Waals surface area contributed by atoms with E-state index in [1.165, 1.54) is 0 Å². The van der Waals surface area contributed by atoms with Gasteiger partial charge in [-0.05, 0) is 29.8 Å². The number of hydrogen-bond acceptors (Lipinski definition) is 3. The van der Waals surface area contributed by atoms with Crippen molar-refractivity contribution in [1.29, 1.82) is 0 Å². The highest BCUT2D eigenvalue weighted by molar-refractivity contribution is 5.73. The van der Waals surface area contributed by atoms with E-state index in [4.69, 9.17) is 0 Å². The number of para-hydroxylation sites is 2. The Morgan fingerprint density at radius 3 is 2.79 bits per heavy atom. The molecule has 4 nitrogen and oxygen atoms in total. The van der Waals surface area contributed by atoms with Crippen molar-refractivity contribution in [1.82, 2.24) is 9.97 Å². The lowest BCUT2D eigenvalue weighted by Crippen LogP contribution is -2.15. The number of benzene rings is 2. The highest BCUT2D eigenvalue weighted by Crippen LogP contribution is 2.14. The number of aromatic nitrogens is 2. The molecule has 0 atom stereocenters. The van der Waals surface area contributed by atoms with Gasteiger partial charge in [0.25, 0.3) is 5.56 Å². The fourth-order valence-corrected chi connectivity index (χ4v) is 2.05. The van der Waals surface area contributed by atoms with Gasteiger partial charge < -0.3 is 10.1 Å². The molecule has 0 aliphatic rings. The molecule has 0 saturated heterocycles. The van der Waals surface area contributed by atoms with E-state index >= 15 is 0 Å². The van der Waals surface area contributed by atoms with Crippen molar-refractivity contribution in [3.63, 3.8) is 0 Å². The van der Waals surface area contributed by atoms with E-state index in [2.05, 4.69) is 9.97 Å². The molecule has 0 amide bonds. The second-order valence-corrected chi connectivity index (χ2v) is 4.38. The number of rotatable bonds is 2. The Bertz CT molecular complexity index is 793. The number of fused-ring (bicyclic) bond motifs is 1. The van der Waals surface area contributed by atoms with Crippen LogP contribution in [0.25, 0.3) is 11.0 Å². The Labute approximate surface area is 109 Å². The summed E-state index contributed by atoms with van der Waals surface area (Å²) in [6.45, 7) is 0. The third kappa shape index (κ3) is 2.33. The molecule has 1 heterocycles. The van der Waals surface area contributed by atoms with Crippen molar-refractivity contribution in [3.05, 3.63) is 70.1 Å². The summed E-state index contributed by atoms with van der Waals surface area (Å²) >= 11 is 0. The van der Waals surface area contributed by atoms with Gasteiger partial charge in [-0.2, -0.15) is 0 Å². The smallest absolute Gasteiger partial charge is 0.270 e. The number of aromatic amines is 1. The predicted octanol–water partition coefficient (Wildman–Crippen LogP) is 2.22. The number of phenols is 1. The topological polar surface area (TPSA) is 66.0 Å². The molecule has 19 heavy (non-hydrogen) atoms. The van der Waals surface area contributed by atoms with E-state index in [9.17, 15) is 9.90 Å². The highest BCUT2D eigenvalue weighted by atomic mass is 16.3. The second kappa shape index (κ2) is 4.57. The Kier molecular flexibility index (Phi) is 2.76. The summed E-state index contributed by atoms with van der Waals surface area (Å²) in [5.41, 5.74) is 2.60. The van der Waals surface area contributed by atoms with Crippen molar-refractivity contribution >= 4 is 11.0 Å². The van der Waals surface area contributed by atoms with Crippen LogP contribution in [-0.4, -0.2) is 15.1 Å². The molecule has 0 aliphatic heterocycles. The fraction of sp³-hybridized carbons (Fsp3) is 0.0667. The first-order valence-electron chi connectivity index (χ1n) is 5.98. The summed E-state index contributed by atoms with van der Waals surface area (Å²) in [5, 5.41) is 9.43. The molecular formula is C15H12N2O2. The number of hydrogen-bond donors (Lipinski definition) is 2. The summed E-state index contributed by atoms with van der Waals surface area (Å²) in [6, 6.07) is 14.3. The van der Waals surface area contributed by atoms with Gasteiger partial charge in [-0.3, -0.25) is 4.79 Å². The van der Waals surface area contributed by atoms with Crippen LogP contribution < -0.4 is 5.56 Å². The summed E-state index contributed by atoms with van der Waals surface area (Å²) in [4.78, 5) is 19.1.